The normalized spacial score (nSPS) is 19.9. The molecule has 1 fully saturated rings. The number of hydrogen-bond acceptors (Lipinski definition) is 2. The highest BCUT2D eigenvalue weighted by atomic mass is 32.1. The fraction of sp³-hybridized carbons (Fsp3) is 0.429. The zero-order chi connectivity index (χ0) is 11.2. The molecule has 1 unspecified atom stereocenters. The lowest BCUT2D eigenvalue weighted by molar-refractivity contribution is 0.393. The number of thiophene rings is 1. The van der Waals surface area contributed by atoms with Gasteiger partial charge in [-0.3, -0.25) is 0 Å². The Morgan fingerprint density at radius 2 is 2.12 bits per heavy atom. The summed E-state index contributed by atoms with van der Waals surface area (Å²) >= 11 is 1.86. The topological polar surface area (TPSA) is 12.0 Å². The van der Waals surface area contributed by atoms with E-state index in [2.05, 4.69) is 48.9 Å². The van der Waals surface area contributed by atoms with Gasteiger partial charge in [-0.2, -0.15) is 0 Å². The minimum Gasteiger partial charge on any atom is -0.312 e. The Hall–Kier alpha value is -0.860. The van der Waals surface area contributed by atoms with Gasteiger partial charge in [0.25, 0.3) is 0 Å². The van der Waals surface area contributed by atoms with Gasteiger partial charge in [0.05, 0.1) is 0 Å². The Morgan fingerprint density at radius 1 is 1.31 bits per heavy atom. The largest absolute Gasteiger partial charge is 0.312 e. The van der Waals surface area contributed by atoms with E-state index in [4.69, 9.17) is 0 Å². The van der Waals surface area contributed by atoms with Crippen molar-refractivity contribution in [2.75, 3.05) is 7.05 Å². The first-order valence-electron chi connectivity index (χ1n) is 5.88. The summed E-state index contributed by atoms with van der Waals surface area (Å²) < 4.78 is 1.45. The molecule has 1 atom stereocenters. The van der Waals surface area contributed by atoms with Crippen LogP contribution in [0.15, 0.2) is 29.6 Å². The van der Waals surface area contributed by atoms with Gasteiger partial charge in [0.1, 0.15) is 0 Å². The van der Waals surface area contributed by atoms with Gasteiger partial charge >= 0.3 is 0 Å². The molecule has 0 spiro atoms. The number of hydrogen-bond donors (Lipinski definition) is 1. The Bertz CT molecular complexity index is 510. The van der Waals surface area contributed by atoms with Crippen LogP contribution in [0.2, 0.25) is 0 Å². The van der Waals surface area contributed by atoms with Crippen molar-refractivity contribution in [3.05, 3.63) is 35.2 Å². The molecule has 1 aromatic carbocycles. The Morgan fingerprint density at radius 3 is 2.81 bits per heavy atom. The molecule has 1 aliphatic carbocycles. The van der Waals surface area contributed by atoms with Crippen LogP contribution in [0.4, 0.5) is 0 Å². The monoisotopic (exact) mass is 231 g/mol. The molecular formula is C14H17NS. The molecule has 3 rings (SSSR count). The average molecular weight is 231 g/mol. The minimum atomic E-state index is 0.479. The highest BCUT2D eigenvalue weighted by molar-refractivity contribution is 7.17. The van der Waals surface area contributed by atoms with Crippen LogP contribution in [0.1, 0.15) is 31.4 Å². The molecule has 16 heavy (non-hydrogen) atoms. The van der Waals surface area contributed by atoms with Gasteiger partial charge in [0, 0.05) is 10.7 Å². The summed E-state index contributed by atoms with van der Waals surface area (Å²) in [5.74, 6) is 0. The molecule has 0 saturated heterocycles. The van der Waals surface area contributed by atoms with E-state index in [0.29, 0.717) is 11.5 Å². The smallest absolute Gasteiger partial charge is 0.0390 e. The summed E-state index contributed by atoms with van der Waals surface area (Å²) in [5, 5.41) is 7.08. The fourth-order valence-electron chi connectivity index (χ4n) is 2.61. The van der Waals surface area contributed by atoms with Crippen molar-refractivity contribution in [1.82, 2.24) is 5.32 Å². The van der Waals surface area contributed by atoms with Crippen LogP contribution in [-0.2, 0) is 0 Å². The predicted molar refractivity (Wildman–Crippen MR) is 71.0 cm³/mol. The van der Waals surface area contributed by atoms with Crippen molar-refractivity contribution in [2.24, 2.45) is 5.41 Å². The SMILES string of the molecule is CNC(c1cccc2ccsc12)C1(C)CC1. The summed E-state index contributed by atoms with van der Waals surface area (Å²) in [4.78, 5) is 0. The quantitative estimate of drug-likeness (QED) is 0.843. The van der Waals surface area contributed by atoms with Crippen LogP contribution in [-0.4, -0.2) is 7.05 Å². The average Bonchev–Trinajstić information content (AvgIpc) is 2.84. The second-order valence-electron chi connectivity index (χ2n) is 5.06. The minimum absolute atomic E-state index is 0.479. The van der Waals surface area contributed by atoms with Crippen molar-refractivity contribution in [3.8, 4) is 0 Å². The molecule has 0 radical (unpaired) electrons. The number of benzene rings is 1. The van der Waals surface area contributed by atoms with Crippen molar-refractivity contribution < 1.29 is 0 Å². The first-order chi connectivity index (χ1) is 7.74. The van der Waals surface area contributed by atoms with Gasteiger partial charge in [0.15, 0.2) is 0 Å². The van der Waals surface area contributed by atoms with Crippen LogP contribution in [0.3, 0.4) is 0 Å². The highest BCUT2D eigenvalue weighted by Crippen LogP contribution is 2.55. The summed E-state index contributed by atoms with van der Waals surface area (Å²) in [7, 11) is 2.08. The van der Waals surface area contributed by atoms with E-state index in [-0.39, 0.29) is 0 Å². The van der Waals surface area contributed by atoms with E-state index in [0.717, 1.165) is 0 Å². The molecule has 84 valence electrons. The molecule has 0 aliphatic heterocycles. The molecule has 0 bridgehead atoms. The van der Waals surface area contributed by atoms with Crippen LogP contribution in [0.25, 0.3) is 10.1 Å². The van der Waals surface area contributed by atoms with Crippen LogP contribution < -0.4 is 5.32 Å². The van der Waals surface area contributed by atoms with Crippen molar-refractivity contribution in [2.45, 2.75) is 25.8 Å². The molecule has 1 aliphatic rings. The predicted octanol–water partition coefficient (Wildman–Crippen LogP) is 3.96. The summed E-state index contributed by atoms with van der Waals surface area (Å²) in [5.41, 5.74) is 1.96. The fourth-order valence-corrected chi connectivity index (χ4v) is 3.55. The highest BCUT2D eigenvalue weighted by Gasteiger charge is 2.45. The van der Waals surface area contributed by atoms with Gasteiger partial charge < -0.3 is 5.32 Å². The zero-order valence-corrected chi connectivity index (χ0v) is 10.6. The molecule has 0 amide bonds. The maximum atomic E-state index is 3.51. The standard InChI is InChI=1S/C14H17NS/c1-14(7-8-14)13(15-2)11-5-3-4-10-6-9-16-12(10)11/h3-6,9,13,15H,7-8H2,1-2H3. The summed E-state index contributed by atoms with van der Waals surface area (Å²) in [6.07, 6.45) is 2.69. The molecule has 1 saturated carbocycles. The van der Waals surface area contributed by atoms with Gasteiger partial charge in [-0.05, 0) is 47.7 Å². The third-order valence-corrected chi connectivity index (χ3v) is 4.82. The number of fused-ring (bicyclic) bond motifs is 1. The van der Waals surface area contributed by atoms with Gasteiger partial charge in [-0.25, -0.2) is 0 Å². The molecule has 1 nitrogen and oxygen atoms in total. The van der Waals surface area contributed by atoms with E-state index in [9.17, 15) is 0 Å². The second-order valence-corrected chi connectivity index (χ2v) is 5.98. The Kier molecular flexibility index (Phi) is 2.30. The summed E-state index contributed by atoms with van der Waals surface area (Å²) in [6.45, 7) is 2.39. The Labute approximate surface area is 100 Å². The Balaban J connectivity index is 2.13. The van der Waals surface area contributed by atoms with Crippen LogP contribution in [0, 0.1) is 5.41 Å². The van der Waals surface area contributed by atoms with E-state index >= 15 is 0 Å². The van der Waals surface area contributed by atoms with E-state index in [1.807, 2.05) is 11.3 Å². The lowest BCUT2D eigenvalue weighted by atomic mass is 9.91. The van der Waals surface area contributed by atoms with E-state index in [1.165, 1.54) is 28.5 Å². The van der Waals surface area contributed by atoms with Gasteiger partial charge in [-0.1, -0.05) is 25.1 Å². The van der Waals surface area contributed by atoms with Gasteiger partial charge in [0.2, 0.25) is 0 Å². The zero-order valence-electron chi connectivity index (χ0n) is 9.79. The molecule has 2 aromatic rings. The van der Waals surface area contributed by atoms with E-state index < -0.39 is 0 Å². The lowest BCUT2D eigenvalue weighted by Crippen LogP contribution is -2.24. The van der Waals surface area contributed by atoms with Crippen LogP contribution >= 0.6 is 11.3 Å². The maximum Gasteiger partial charge on any atom is 0.0390 e. The van der Waals surface area contributed by atoms with Crippen molar-refractivity contribution in [3.63, 3.8) is 0 Å². The molecule has 1 aromatic heterocycles. The first kappa shape index (κ1) is 10.3. The molecule has 2 heteroatoms. The third kappa shape index (κ3) is 1.48. The lowest BCUT2D eigenvalue weighted by Gasteiger charge is -2.24. The molecular weight excluding hydrogens is 214 g/mol. The van der Waals surface area contributed by atoms with Gasteiger partial charge in [-0.15, -0.1) is 11.3 Å². The van der Waals surface area contributed by atoms with E-state index in [1.54, 1.807) is 0 Å². The molecule has 1 N–H and O–H groups in total. The second kappa shape index (κ2) is 3.57. The maximum absolute atomic E-state index is 3.51. The molecule has 1 heterocycles. The van der Waals surface area contributed by atoms with Crippen LogP contribution in [0.5, 0.6) is 0 Å². The summed E-state index contributed by atoms with van der Waals surface area (Å²) in [6, 6.07) is 9.39. The van der Waals surface area contributed by atoms with Crippen molar-refractivity contribution in [1.29, 1.82) is 0 Å². The first-order valence-corrected chi connectivity index (χ1v) is 6.76. The third-order valence-electron chi connectivity index (χ3n) is 3.84. The van der Waals surface area contributed by atoms with Crippen molar-refractivity contribution >= 4 is 21.4 Å². The number of nitrogens with one attached hydrogen (secondary N) is 1. The number of rotatable bonds is 3.